The minimum absolute atomic E-state index is 0.0391. The van der Waals surface area contributed by atoms with E-state index >= 15 is 0 Å². The molecule has 0 bridgehead atoms. The summed E-state index contributed by atoms with van der Waals surface area (Å²) in [7, 11) is 0. The second-order valence-corrected chi connectivity index (χ2v) is 17.9. The Bertz CT molecular complexity index is 882. The lowest BCUT2D eigenvalue weighted by molar-refractivity contribution is -0.123. The molecule has 0 fully saturated rings. The van der Waals surface area contributed by atoms with E-state index in [-0.39, 0.29) is 12.5 Å². The Kier molecular flexibility index (Phi) is 48.8. The summed E-state index contributed by atoms with van der Waals surface area (Å²) in [5, 5.41) is 23.3. The summed E-state index contributed by atoms with van der Waals surface area (Å²) in [6.45, 7) is 4.27. The number of amides is 1. The first-order chi connectivity index (χ1) is 28.7. The van der Waals surface area contributed by atoms with Gasteiger partial charge in [0.2, 0.25) is 5.91 Å². The maximum atomic E-state index is 12.4. The lowest BCUT2D eigenvalue weighted by Gasteiger charge is -2.22. The molecular weight excluding hydrogens is 711 g/mol. The lowest BCUT2D eigenvalue weighted by atomic mass is 10.0. The minimum Gasteiger partial charge on any atom is -0.394 e. The van der Waals surface area contributed by atoms with Gasteiger partial charge in [-0.15, -0.1) is 0 Å². The molecule has 2 unspecified atom stereocenters. The highest BCUT2D eigenvalue weighted by Gasteiger charge is 2.20. The number of unbranched alkanes of at least 4 members (excludes halogenated alkanes) is 35. The maximum absolute atomic E-state index is 12.4. The topological polar surface area (TPSA) is 69.6 Å². The molecule has 342 valence electrons. The van der Waals surface area contributed by atoms with Gasteiger partial charge in [0.05, 0.1) is 18.8 Å². The fourth-order valence-corrected chi connectivity index (χ4v) is 8.20. The molecule has 0 aliphatic carbocycles. The first-order valence-electron chi connectivity index (χ1n) is 26.2. The molecule has 0 saturated carbocycles. The normalized spacial score (nSPS) is 13.1. The Morgan fingerprint density at radius 1 is 0.431 bits per heavy atom. The number of nitrogens with one attached hydrogen (secondary N) is 1. The van der Waals surface area contributed by atoms with E-state index in [0.717, 1.165) is 44.9 Å². The number of carbonyl (C=O) groups excluding carboxylic acids is 1. The molecule has 0 spiro atoms. The van der Waals surface area contributed by atoms with Gasteiger partial charge in [0.1, 0.15) is 0 Å². The molecule has 2 atom stereocenters. The highest BCUT2D eigenvalue weighted by molar-refractivity contribution is 5.76. The van der Waals surface area contributed by atoms with Gasteiger partial charge in [-0.3, -0.25) is 4.79 Å². The van der Waals surface area contributed by atoms with E-state index in [1.165, 1.54) is 212 Å². The third-order valence-corrected chi connectivity index (χ3v) is 12.2. The average Bonchev–Trinajstić information content (AvgIpc) is 3.23. The van der Waals surface area contributed by atoms with Crippen LogP contribution in [0.15, 0.2) is 36.5 Å². The van der Waals surface area contributed by atoms with Crippen molar-refractivity contribution in [2.24, 2.45) is 0 Å². The Labute approximate surface area is 363 Å². The van der Waals surface area contributed by atoms with Gasteiger partial charge in [0.25, 0.3) is 0 Å². The van der Waals surface area contributed by atoms with E-state index in [4.69, 9.17) is 0 Å². The molecule has 3 N–H and O–H groups in total. The fourth-order valence-electron chi connectivity index (χ4n) is 8.20. The lowest BCUT2D eigenvalue weighted by Crippen LogP contribution is -2.45. The van der Waals surface area contributed by atoms with E-state index in [2.05, 4.69) is 55.6 Å². The number of aliphatic hydroxyl groups is 2. The van der Waals surface area contributed by atoms with Crippen LogP contribution >= 0.6 is 0 Å². The summed E-state index contributed by atoms with van der Waals surface area (Å²) in [6.07, 6.45) is 66.9. The van der Waals surface area contributed by atoms with Crippen LogP contribution in [0.4, 0.5) is 0 Å². The molecule has 0 aromatic heterocycles. The summed E-state index contributed by atoms with van der Waals surface area (Å²) in [5.41, 5.74) is 0. The molecule has 1 amide bonds. The van der Waals surface area contributed by atoms with Gasteiger partial charge in [0, 0.05) is 6.42 Å². The highest BCUT2D eigenvalue weighted by Crippen LogP contribution is 2.17. The monoisotopic (exact) mass is 814 g/mol. The van der Waals surface area contributed by atoms with E-state index < -0.39 is 12.1 Å². The van der Waals surface area contributed by atoms with Crippen LogP contribution in [0.1, 0.15) is 284 Å². The Morgan fingerprint density at radius 2 is 0.759 bits per heavy atom. The summed E-state index contributed by atoms with van der Waals surface area (Å²) < 4.78 is 0. The van der Waals surface area contributed by atoms with Crippen molar-refractivity contribution in [3.05, 3.63) is 36.5 Å². The third kappa shape index (κ3) is 45.7. The third-order valence-electron chi connectivity index (χ3n) is 12.2. The first kappa shape index (κ1) is 56.6. The molecule has 0 saturated heterocycles. The predicted molar refractivity (Wildman–Crippen MR) is 258 cm³/mol. The fraction of sp³-hybridized carbons (Fsp3) is 0.870. The molecule has 0 rings (SSSR count). The number of rotatable bonds is 48. The standard InChI is InChI=1S/C54H103NO3/c1-3-5-7-9-11-13-15-17-19-21-22-23-24-25-26-27-28-29-30-31-32-34-35-37-39-41-43-45-47-49-53(57)52(51-56)55-54(58)50-48-46-44-42-40-38-36-33-20-18-16-14-12-10-8-6-4-2/h6,8,12,14,18,20,52-53,56-57H,3-5,7,9-11,13,15-17,19,21-51H2,1-2H3,(H,55,58)/b8-6-,14-12-,20-18-. The van der Waals surface area contributed by atoms with Crippen LogP contribution in [0.25, 0.3) is 0 Å². The van der Waals surface area contributed by atoms with Gasteiger partial charge in [-0.05, 0) is 44.9 Å². The Hall–Kier alpha value is -1.39. The molecule has 0 radical (unpaired) electrons. The van der Waals surface area contributed by atoms with Crippen LogP contribution in [0.3, 0.4) is 0 Å². The second kappa shape index (κ2) is 50.0. The van der Waals surface area contributed by atoms with Gasteiger partial charge in [-0.25, -0.2) is 0 Å². The largest absolute Gasteiger partial charge is 0.394 e. The van der Waals surface area contributed by atoms with Crippen LogP contribution in [0, 0.1) is 0 Å². The molecule has 4 nitrogen and oxygen atoms in total. The smallest absolute Gasteiger partial charge is 0.220 e. The van der Waals surface area contributed by atoms with Crippen LogP contribution < -0.4 is 5.32 Å². The number of hydrogen-bond acceptors (Lipinski definition) is 3. The van der Waals surface area contributed by atoms with Gasteiger partial charge in [0.15, 0.2) is 0 Å². The second-order valence-electron chi connectivity index (χ2n) is 17.9. The van der Waals surface area contributed by atoms with Crippen LogP contribution in [-0.2, 0) is 4.79 Å². The zero-order valence-electron chi connectivity index (χ0n) is 39.3. The number of aliphatic hydroxyl groups excluding tert-OH is 2. The molecule has 0 aliphatic rings. The Morgan fingerprint density at radius 3 is 1.14 bits per heavy atom. The summed E-state index contributed by atoms with van der Waals surface area (Å²) in [5.74, 6) is -0.0391. The summed E-state index contributed by atoms with van der Waals surface area (Å²) in [6, 6.07) is -0.542. The summed E-state index contributed by atoms with van der Waals surface area (Å²) in [4.78, 5) is 12.4. The average molecular weight is 814 g/mol. The van der Waals surface area contributed by atoms with Crippen LogP contribution in [0.2, 0.25) is 0 Å². The molecule has 0 heterocycles. The Balaban J connectivity index is 3.43. The van der Waals surface area contributed by atoms with E-state index in [0.29, 0.717) is 12.8 Å². The molecule has 0 aliphatic heterocycles. The maximum Gasteiger partial charge on any atom is 0.220 e. The van der Waals surface area contributed by atoms with Crippen molar-refractivity contribution in [1.29, 1.82) is 0 Å². The number of hydrogen-bond donors (Lipinski definition) is 3. The molecule has 0 aromatic rings. The number of carbonyl (C=O) groups is 1. The van der Waals surface area contributed by atoms with Crippen molar-refractivity contribution in [3.63, 3.8) is 0 Å². The predicted octanol–water partition coefficient (Wildman–Crippen LogP) is 16.9. The van der Waals surface area contributed by atoms with E-state index in [1.807, 2.05) is 0 Å². The minimum atomic E-state index is -0.665. The van der Waals surface area contributed by atoms with Crippen molar-refractivity contribution < 1.29 is 15.0 Å². The molecule has 4 heteroatoms. The molecule has 0 aromatic carbocycles. The SMILES string of the molecule is CC/C=C\C/C=C\C/C=C\CCCCCCCCCC(=O)NC(CO)C(O)CCCCCCCCCCCCCCCCCCCCCCCCCCCCCCC. The number of allylic oxidation sites excluding steroid dienone is 6. The van der Waals surface area contributed by atoms with Crippen LogP contribution in [0.5, 0.6) is 0 Å². The van der Waals surface area contributed by atoms with Gasteiger partial charge < -0.3 is 15.5 Å². The van der Waals surface area contributed by atoms with Gasteiger partial charge in [-0.1, -0.05) is 269 Å². The van der Waals surface area contributed by atoms with Crippen molar-refractivity contribution in [1.82, 2.24) is 5.32 Å². The van der Waals surface area contributed by atoms with Gasteiger partial charge in [-0.2, -0.15) is 0 Å². The summed E-state index contributed by atoms with van der Waals surface area (Å²) >= 11 is 0. The first-order valence-corrected chi connectivity index (χ1v) is 26.2. The highest BCUT2D eigenvalue weighted by atomic mass is 16.3. The quantitative estimate of drug-likeness (QED) is 0.0423. The molecule has 58 heavy (non-hydrogen) atoms. The van der Waals surface area contributed by atoms with Crippen molar-refractivity contribution >= 4 is 5.91 Å². The van der Waals surface area contributed by atoms with E-state index in [9.17, 15) is 15.0 Å². The van der Waals surface area contributed by atoms with E-state index in [1.54, 1.807) is 0 Å². The van der Waals surface area contributed by atoms with Crippen LogP contribution in [-0.4, -0.2) is 34.9 Å². The van der Waals surface area contributed by atoms with Gasteiger partial charge >= 0.3 is 0 Å². The van der Waals surface area contributed by atoms with Crippen molar-refractivity contribution in [3.8, 4) is 0 Å². The van der Waals surface area contributed by atoms with Crippen molar-refractivity contribution in [2.75, 3.05) is 6.61 Å². The molecular formula is C54H103NO3. The zero-order chi connectivity index (χ0) is 42.1. The zero-order valence-corrected chi connectivity index (χ0v) is 39.3. The van der Waals surface area contributed by atoms with Crippen molar-refractivity contribution in [2.45, 2.75) is 296 Å².